The van der Waals surface area contributed by atoms with Gasteiger partial charge in [-0.2, -0.15) is 8.78 Å². The largest absolute Gasteiger partial charge is 0.429 e. The first-order chi connectivity index (χ1) is 15.3. The molecule has 0 aliphatic heterocycles. The van der Waals surface area contributed by atoms with Gasteiger partial charge in [0.15, 0.2) is 17.5 Å². The van der Waals surface area contributed by atoms with Gasteiger partial charge in [-0.15, -0.1) is 0 Å². The Morgan fingerprint density at radius 2 is 1.44 bits per heavy atom. The molecule has 0 N–H and O–H groups in total. The second-order valence-electron chi connectivity index (χ2n) is 9.68. The maximum absolute atomic E-state index is 14.1. The summed E-state index contributed by atoms with van der Waals surface area (Å²) in [6.45, 7) is 2.24. The molecule has 0 saturated heterocycles. The molecule has 0 amide bonds. The highest BCUT2D eigenvalue weighted by atomic mass is 19.3. The van der Waals surface area contributed by atoms with Crippen LogP contribution >= 0.6 is 0 Å². The number of unbranched alkanes of at least 4 members (excludes halogenated alkanes) is 2. The van der Waals surface area contributed by atoms with Gasteiger partial charge in [0.25, 0.3) is 0 Å². The molecule has 6 heteroatoms. The molecule has 0 bridgehead atoms. The smallest absolute Gasteiger partial charge is 0.419 e. The van der Waals surface area contributed by atoms with Crippen molar-refractivity contribution in [2.45, 2.75) is 90.1 Å². The van der Waals surface area contributed by atoms with Crippen LogP contribution in [0.1, 0.15) is 84.0 Å². The number of ether oxygens (including phenoxy) is 1. The molecule has 0 unspecified atom stereocenters. The summed E-state index contributed by atoms with van der Waals surface area (Å²) in [6.07, 6.45) is 12.8. The molecule has 0 aromatic heterocycles. The zero-order valence-electron chi connectivity index (χ0n) is 18.9. The van der Waals surface area contributed by atoms with Crippen LogP contribution < -0.4 is 4.74 Å². The van der Waals surface area contributed by atoms with E-state index in [1.165, 1.54) is 57.4 Å². The molecule has 1 nitrogen and oxygen atoms in total. The fourth-order valence-electron chi connectivity index (χ4n) is 5.47. The number of alkyl halides is 2. The molecule has 2 aliphatic rings. The summed E-state index contributed by atoms with van der Waals surface area (Å²) < 4.78 is 72.0. The molecule has 3 rings (SSSR count). The average molecular weight is 459 g/mol. The fraction of sp³-hybridized carbons (Fsp3) is 0.692. The fourth-order valence-corrected chi connectivity index (χ4v) is 5.47. The maximum Gasteiger partial charge on any atom is 0.419 e. The summed E-state index contributed by atoms with van der Waals surface area (Å²) in [4.78, 5) is 0. The van der Waals surface area contributed by atoms with E-state index in [0.29, 0.717) is 24.1 Å². The summed E-state index contributed by atoms with van der Waals surface area (Å²) >= 11 is 0. The van der Waals surface area contributed by atoms with E-state index in [1.807, 2.05) is 0 Å². The maximum atomic E-state index is 14.1. The Balaban J connectivity index is 1.42. The minimum absolute atomic E-state index is 0.0489. The molecule has 1 aromatic rings. The highest BCUT2D eigenvalue weighted by Crippen LogP contribution is 2.42. The van der Waals surface area contributed by atoms with Gasteiger partial charge >= 0.3 is 6.11 Å². The Morgan fingerprint density at radius 3 is 2.00 bits per heavy atom. The number of halogens is 5. The lowest BCUT2D eigenvalue weighted by Gasteiger charge is -2.37. The molecular weight excluding hydrogens is 423 g/mol. The minimum Gasteiger partial charge on any atom is -0.429 e. The third-order valence-corrected chi connectivity index (χ3v) is 7.36. The van der Waals surface area contributed by atoms with Gasteiger partial charge in [0.2, 0.25) is 0 Å². The highest BCUT2D eigenvalue weighted by Gasteiger charge is 2.32. The van der Waals surface area contributed by atoms with E-state index >= 15 is 0 Å². The lowest BCUT2D eigenvalue weighted by molar-refractivity contribution is -0.132. The average Bonchev–Trinajstić information content (AvgIpc) is 2.77. The Kier molecular flexibility index (Phi) is 9.01. The van der Waals surface area contributed by atoms with Gasteiger partial charge in [-0.3, -0.25) is 0 Å². The van der Waals surface area contributed by atoms with Crippen molar-refractivity contribution in [2.24, 2.45) is 23.7 Å². The van der Waals surface area contributed by atoms with Crippen molar-refractivity contribution in [3.8, 4) is 5.75 Å². The number of benzene rings is 1. The molecule has 1 aromatic carbocycles. The van der Waals surface area contributed by atoms with Crippen LogP contribution in [0.5, 0.6) is 5.75 Å². The SMILES string of the molecule is CCCCC[C@H]1CC[C@H](C2CCC(C=CC(F)(F)Oc3cc(F)c(F)c(F)c3)CC2)CC1. The van der Waals surface area contributed by atoms with Crippen LogP contribution in [0, 0.1) is 41.1 Å². The molecule has 0 spiro atoms. The Hall–Kier alpha value is -1.59. The lowest BCUT2D eigenvalue weighted by Crippen LogP contribution is -2.26. The third kappa shape index (κ3) is 7.21. The van der Waals surface area contributed by atoms with Crippen molar-refractivity contribution in [2.75, 3.05) is 0 Å². The van der Waals surface area contributed by atoms with Crippen molar-refractivity contribution in [1.29, 1.82) is 0 Å². The molecule has 0 radical (unpaired) electrons. The molecule has 2 fully saturated rings. The number of hydrogen-bond acceptors (Lipinski definition) is 1. The first kappa shape index (κ1) is 25.0. The summed E-state index contributed by atoms with van der Waals surface area (Å²) in [7, 11) is 0. The second kappa shape index (κ2) is 11.5. The lowest BCUT2D eigenvalue weighted by atomic mass is 9.68. The summed E-state index contributed by atoms with van der Waals surface area (Å²) in [5.41, 5.74) is 0. The van der Waals surface area contributed by atoms with E-state index in [9.17, 15) is 22.0 Å². The molecule has 2 saturated carbocycles. The van der Waals surface area contributed by atoms with Crippen LogP contribution in [-0.4, -0.2) is 6.11 Å². The zero-order valence-corrected chi connectivity index (χ0v) is 18.9. The van der Waals surface area contributed by atoms with Crippen LogP contribution in [-0.2, 0) is 0 Å². The van der Waals surface area contributed by atoms with Crippen molar-refractivity contribution in [3.63, 3.8) is 0 Å². The standard InChI is InChI=1S/C26H35F5O/c1-2-3-4-5-18-6-10-20(11-7-18)21-12-8-19(9-13-21)14-15-26(30,31)32-22-16-23(27)25(29)24(28)17-22/h14-21H,2-13H2,1H3/t18-,19?,20-,21?. The zero-order chi connectivity index (χ0) is 23.1. The van der Waals surface area contributed by atoms with Crippen LogP contribution in [0.3, 0.4) is 0 Å². The van der Waals surface area contributed by atoms with Gasteiger partial charge in [-0.05, 0) is 62.2 Å². The van der Waals surface area contributed by atoms with Gasteiger partial charge < -0.3 is 4.74 Å². The van der Waals surface area contributed by atoms with Gasteiger partial charge in [-0.1, -0.05) is 51.5 Å². The Morgan fingerprint density at radius 1 is 0.875 bits per heavy atom. The van der Waals surface area contributed by atoms with E-state index in [1.54, 1.807) is 0 Å². The molecular formula is C26H35F5O. The quantitative estimate of drug-likeness (QED) is 0.155. The van der Waals surface area contributed by atoms with Crippen molar-refractivity contribution >= 4 is 0 Å². The first-order valence-electron chi connectivity index (χ1n) is 12.2. The van der Waals surface area contributed by atoms with Crippen LogP contribution in [0.4, 0.5) is 22.0 Å². The molecule has 2 aliphatic carbocycles. The summed E-state index contributed by atoms with van der Waals surface area (Å²) in [6, 6.07) is 0.841. The second-order valence-corrected chi connectivity index (χ2v) is 9.68. The van der Waals surface area contributed by atoms with Crippen molar-refractivity contribution in [3.05, 3.63) is 41.7 Å². The van der Waals surface area contributed by atoms with Crippen LogP contribution in [0.2, 0.25) is 0 Å². The summed E-state index contributed by atoms with van der Waals surface area (Å²) in [5, 5.41) is 0. The van der Waals surface area contributed by atoms with Gasteiger partial charge in [0.1, 0.15) is 5.75 Å². The predicted octanol–water partition coefficient (Wildman–Crippen LogP) is 8.82. The first-order valence-corrected chi connectivity index (χ1v) is 12.2. The molecule has 32 heavy (non-hydrogen) atoms. The monoisotopic (exact) mass is 458 g/mol. The normalized spacial score (nSPS) is 27.1. The van der Waals surface area contributed by atoms with Gasteiger partial charge in [-0.25, -0.2) is 13.2 Å². The topological polar surface area (TPSA) is 9.23 Å². The summed E-state index contributed by atoms with van der Waals surface area (Å²) in [5.74, 6) is -3.17. The third-order valence-electron chi connectivity index (χ3n) is 7.36. The van der Waals surface area contributed by atoms with Crippen molar-refractivity contribution < 1.29 is 26.7 Å². The van der Waals surface area contributed by atoms with E-state index in [4.69, 9.17) is 0 Å². The molecule has 180 valence electrons. The van der Waals surface area contributed by atoms with E-state index in [2.05, 4.69) is 11.7 Å². The van der Waals surface area contributed by atoms with E-state index in [0.717, 1.165) is 37.5 Å². The highest BCUT2D eigenvalue weighted by molar-refractivity contribution is 5.26. The van der Waals surface area contributed by atoms with Gasteiger partial charge in [0, 0.05) is 18.2 Å². The molecule has 0 atom stereocenters. The number of rotatable bonds is 9. The van der Waals surface area contributed by atoms with E-state index in [-0.39, 0.29) is 5.92 Å². The van der Waals surface area contributed by atoms with Crippen molar-refractivity contribution in [1.82, 2.24) is 0 Å². The van der Waals surface area contributed by atoms with Crippen LogP contribution in [0.15, 0.2) is 24.3 Å². The van der Waals surface area contributed by atoms with Gasteiger partial charge in [0.05, 0.1) is 0 Å². The number of allylic oxidation sites excluding steroid dienone is 1. The van der Waals surface area contributed by atoms with E-state index < -0.39 is 29.3 Å². The molecule has 0 heterocycles. The number of hydrogen-bond donors (Lipinski definition) is 0. The minimum atomic E-state index is -3.72. The Labute approximate surface area is 188 Å². The predicted molar refractivity (Wildman–Crippen MR) is 116 cm³/mol. The Bertz CT molecular complexity index is 724. The van der Waals surface area contributed by atoms with Crippen LogP contribution in [0.25, 0.3) is 0 Å².